The molecule has 1 aromatic carbocycles. The second-order valence-corrected chi connectivity index (χ2v) is 6.33. The van der Waals surface area contributed by atoms with Crippen LogP contribution in [0, 0.1) is 5.92 Å². The van der Waals surface area contributed by atoms with Gasteiger partial charge in [-0.15, -0.1) is 11.3 Å². The lowest BCUT2D eigenvalue weighted by Gasteiger charge is -2.10. The van der Waals surface area contributed by atoms with E-state index in [1.165, 1.54) is 11.3 Å². The maximum absolute atomic E-state index is 12.4. The zero-order chi connectivity index (χ0) is 17.7. The Morgan fingerprint density at radius 3 is 2.42 bits per heavy atom. The minimum atomic E-state index is -0.441. The molecule has 0 radical (unpaired) electrons. The van der Waals surface area contributed by atoms with Gasteiger partial charge in [0, 0.05) is 16.9 Å². The summed E-state index contributed by atoms with van der Waals surface area (Å²) in [5, 5.41) is 5.18. The number of carbonyl (C=O) groups excluding carboxylic acids is 2. The molecule has 6 heteroatoms. The van der Waals surface area contributed by atoms with Gasteiger partial charge in [-0.1, -0.05) is 26.0 Å². The van der Waals surface area contributed by atoms with Crippen LogP contribution in [0.4, 0.5) is 5.00 Å². The largest absolute Gasteiger partial charge is 0.497 e. The normalized spacial score (nSPS) is 10.5. The summed E-state index contributed by atoms with van der Waals surface area (Å²) in [6, 6.07) is 7.40. The summed E-state index contributed by atoms with van der Waals surface area (Å²) in [5.41, 5.74) is 1.99. The standard InChI is InChI=1S/C18H21NO4S/c1-5-23-18(21)15-14(12-6-8-13(22-4)9-7-12)10-24-17(15)19-16(20)11(2)3/h6-11H,5H2,1-4H3,(H,19,20). The quantitative estimate of drug-likeness (QED) is 0.796. The number of amides is 1. The Bertz CT molecular complexity index is 719. The molecular formula is C18H21NO4S. The molecule has 0 fully saturated rings. The van der Waals surface area contributed by atoms with Crippen molar-refractivity contribution in [1.82, 2.24) is 0 Å². The molecule has 0 bridgehead atoms. The summed E-state index contributed by atoms with van der Waals surface area (Å²) in [7, 11) is 1.60. The molecule has 24 heavy (non-hydrogen) atoms. The van der Waals surface area contributed by atoms with Crippen molar-refractivity contribution in [3.05, 3.63) is 35.2 Å². The third-order valence-corrected chi connectivity index (χ3v) is 4.33. The Balaban J connectivity index is 2.44. The fourth-order valence-electron chi connectivity index (χ4n) is 2.10. The summed E-state index contributed by atoms with van der Waals surface area (Å²) >= 11 is 1.32. The van der Waals surface area contributed by atoms with Crippen molar-refractivity contribution < 1.29 is 19.1 Å². The van der Waals surface area contributed by atoms with Gasteiger partial charge in [0.05, 0.1) is 13.7 Å². The van der Waals surface area contributed by atoms with Gasteiger partial charge in [0.2, 0.25) is 5.91 Å². The van der Waals surface area contributed by atoms with Gasteiger partial charge in [0.15, 0.2) is 0 Å². The molecule has 128 valence electrons. The van der Waals surface area contributed by atoms with Crippen molar-refractivity contribution >= 4 is 28.2 Å². The number of thiophene rings is 1. The number of esters is 1. The highest BCUT2D eigenvalue weighted by Crippen LogP contribution is 2.37. The number of benzene rings is 1. The van der Waals surface area contributed by atoms with Crippen LogP contribution in [-0.4, -0.2) is 25.6 Å². The number of anilines is 1. The van der Waals surface area contributed by atoms with E-state index in [0.29, 0.717) is 10.6 Å². The number of rotatable bonds is 6. The topological polar surface area (TPSA) is 64.6 Å². The van der Waals surface area contributed by atoms with E-state index in [1.807, 2.05) is 29.6 Å². The average Bonchev–Trinajstić information content (AvgIpc) is 2.98. The first-order valence-electron chi connectivity index (χ1n) is 7.71. The molecule has 0 atom stereocenters. The van der Waals surface area contributed by atoms with Gasteiger partial charge >= 0.3 is 5.97 Å². The lowest BCUT2D eigenvalue weighted by atomic mass is 10.0. The zero-order valence-corrected chi connectivity index (χ0v) is 15.0. The third-order valence-electron chi connectivity index (χ3n) is 3.43. The van der Waals surface area contributed by atoms with Crippen LogP contribution >= 0.6 is 11.3 Å². The first kappa shape index (κ1) is 18.0. The molecule has 5 nitrogen and oxygen atoms in total. The average molecular weight is 347 g/mol. The molecular weight excluding hydrogens is 326 g/mol. The van der Waals surface area contributed by atoms with E-state index in [9.17, 15) is 9.59 Å². The number of hydrogen-bond donors (Lipinski definition) is 1. The molecule has 0 aliphatic heterocycles. The van der Waals surface area contributed by atoms with Gasteiger partial charge in [0.25, 0.3) is 0 Å². The van der Waals surface area contributed by atoms with E-state index < -0.39 is 5.97 Å². The second-order valence-electron chi connectivity index (χ2n) is 5.45. The number of nitrogens with one attached hydrogen (secondary N) is 1. The van der Waals surface area contributed by atoms with E-state index in [4.69, 9.17) is 9.47 Å². The van der Waals surface area contributed by atoms with Crippen LogP contribution in [0.5, 0.6) is 5.75 Å². The van der Waals surface area contributed by atoms with Crippen LogP contribution in [0.3, 0.4) is 0 Å². The molecule has 0 saturated heterocycles. The van der Waals surface area contributed by atoms with Gasteiger partial charge < -0.3 is 14.8 Å². The molecule has 1 aromatic heterocycles. The lowest BCUT2D eigenvalue weighted by molar-refractivity contribution is -0.118. The van der Waals surface area contributed by atoms with Crippen LogP contribution in [0.15, 0.2) is 29.6 Å². The molecule has 2 aromatic rings. The van der Waals surface area contributed by atoms with Crippen molar-refractivity contribution in [3.63, 3.8) is 0 Å². The van der Waals surface area contributed by atoms with Crippen molar-refractivity contribution in [3.8, 4) is 16.9 Å². The molecule has 0 saturated carbocycles. The highest BCUT2D eigenvalue weighted by atomic mass is 32.1. The highest BCUT2D eigenvalue weighted by molar-refractivity contribution is 7.15. The Morgan fingerprint density at radius 2 is 1.88 bits per heavy atom. The van der Waals surface area contributed by atoms with Crippen LogP contribution in [-0.2, 0) is 9.53 Å². The van der Waals surface area contributed by atoms with Gasteiger partial charge in [-0.05, 0) is 24.6 Å². The van der Waals surface area contributed by atoms with Crippen LogP contribution in [0.2, 0.25) is 0 Å². The van der Waals surface area contributed by atoms with Crippen LogP contribution in [0.25, 0.3) is 11.1 Å². The highest BCUT2D eigenvalue weighted by Gasteiger charge is 2.23. The van der Waals surface area contributed by atoms with E-state index in [1.54, 1.807) is 27.9 Å². The summed E-state index contributed by atoms with van der Waals surface area (Å²) in [5.74, 6) is -0.0149. The zero-order valence-electron chi connectivity index (χ0n) is 14.2. The first-order valence-corrected chi connectivity index (χ1v) is 8.59. The fraction of sp³-hybridized carbons (Fsp3) is 0.333. The van der Waals surface area contributed by atoms with Crippen molar-refractivity contribution in [2.24, 2.45) is 5.92 Å². The fourth-order valence-corrected chi connectivity index (χ4v) is 3.06. The molecule has 2 rings (SSSR count). The van der Waals surface area contributed by atoms with E-state index >= 15 is 0 Å². The molecule has 0 aliphatic rings. The summed E-state index contributed by atoms with van der Waals surface area (Å²) in [6.45, 7) is 5.63. The predicted octanol–water partition coefficient (Wildman–Crippen LogP) is 4.19. The predicted molar refractivity (Wildman–Crippen MR) is 95.7 cm³/mol. The summed E-state index contributed by atoms with van der Waals surface area (Å²) in [4.78, 5) is 24.4. The van der Waals surface area contributed by atoms with Crippen molar-refractivity contribution in [1.29, 1.82) is 0 Å². The van der Waals surface area contributed by atoms with Gasteiger partial charge in [0.1, 0.15) is 16.3 Å². The van der Waals surface area contributed by atoms with Gasteiger partial charge in [-0.2, -0.15) is 0 Å². The Labute approximate surface area is 145 Å². The van der Waals surface area contributed by atoms with Crippen molar-refractivity contribution in [2.75, 3.05) is 19.0 Å². The second kappa shape index (κ2) is 7.97. The molecule has 1 N–H and O–H groups in total. The van der Waals surface area contributed by atoms with E-state index in [-0.39, 0.29) is 18.4 Å². The maximum atomic E-state index is 12.4. The smallest absolute Gasteiger partial charge is 0.341 e. The molecule has 0 unspecified atom stereocenters. The minimum Gasteiger partial charge on any atom is -0.497 e. The number of hydrogen-bond acceptors (Lipinski definition) is 5. The van der Waals surface area contributed by atoms with Gasteiger partial charge in [-0.25, -0.2) is 4.79 Å². The first-order chi connectivity index (χ1) is 11.5. The van der Waals surface area contributed by atoms with Crippen LogP contribution in [0.1, 0.15) is 31.1 Å². The number of methoxy groups -OCH3 is 1. The molecule has 1 amide bonds. The van der Waals surface area contributed by atoms with E-state index in [0.717, 1.165) is 16.9 Å². The SMILES string of the molecule is CCOC(=O)c1c(-c2ccc(OC)cc2)csc1NC(=O)C(C)C. The maximum Gasteiger partial charge on any atom is 0.341 e. The Kier molecular flexibility index (Phi) is 5.98. The number of ether oxygens (including phenoxy) is 2. The van der Waals surface area contributed by atoms with Gasteiger partial charge in [-0.3, -0.25) is 4.79 Å². The summed E-state index contributed by atoms with van der Waals surface area (Å²) < 4.78 is 10.3. The number of carbonyl (C=O) groups is 2. The third kappa shape index (κ3) is 3.94. The summed E-state index contributed by atoms with van der Waals surface area (Å²) in [6.07, 6.45) is 0. The molecule has 1 heterocycles. The Morgan fingerprint density at radius 1 is 1.21 bits per heavy atom. The molecule has 0 spiro atoms. The van der Waals surface area contributed by atoms with Crippen molar-refractivity contribution in [2.45, 2.75) is 20.8 Å². The Hall–Kier alpha value is -2.34. The van der Waals surface area contributed by atoms with Crippen LogP contribution < -0.4 is 10.1 Å². The molecule has 0 aliphatic carbocycles. The monoisotopic (exact) mass is 347 g/mol. The minimum absolute atomic E-state index is 0.135. The lowest BCUT2D eigenvalue weighted by Crippen LogP contribution is -2.19. The van der Waals surface area contributed by atoms with E-state index in [2.05, 4.69) is 5.32 Å².